The van der Waals surface area contributed by atoms with Crippen LogP contribution < -0.4 is 10.3 Å². The number of pyridine rings is 1. The van der Waals surface area contributed by atoms with Crippen LogP contribution in [0.25, 0.3) is 10.9 Å². The summed E-state index contributed by atoms with van der Waals surface area (Å²) in [6, 6.07) is 17.3. The van der Waals surface area contributed by atoms with Gasteiger partial charge in [-0.25, -0.2) is 0 Å². The topological polar surface area (TPSA) is 72.8 Å². The molecule has 2 aromatic carbocycles. The molecule has 0 spiro atoms. The minimum Gasteiger partial charge on any atom is -0.485 e. The maximum absolute atomic E-state index is 11.9. The average molecular weight is 392 g/mol. The predicted molar refractivity (Wildman–Crippen MR) is 111 cm³/mol. The number of hydrogen-bond acceptors (Lipinski definition) is 5. The minimum absolute atomic E-state index is 0.0976. The molecular weight excluding hydrogens is 372 g/mol. The van der Waals surface area contributed by atoms with E-state index in [9.17, 15) is 4.79 Å². The zero-order valence-corrected chi connectivity index (χ0v) is 16.5. The number of para-hydroxylation sites is 2. The summed E-state index contributed by atoms with van der Waals surface area (Å²) in [5, 5.41) is 10.4. The average Bonchev–Trinajstić information content (AvgIpc) is 3.05. The molecule has 0 saturated carbocycles. The molecule has 4 aromatic rings. The lowest BCUT2D eigenvalue weighted by Crippen LogP contribution is -2.06. The fourth-order valence-electron chi connectivity index (χ4n) is 3.00. The molecule has 7 heteroatoms. The smallest absolute Gasteiger partial charge is 0.248 e. The van der Waals surface area contributed by atoms with Crippen LogP contribution in [-0.2, 0) is 19.4 Å². The first-order chi connectivity index (χ1) is 13.6. The van der Waals surface area contributed by atoms with Gasteiger partial charge in [0.25, 0.3) is 0 Å². The van der Waals surface area contributed by atoms with E-state index in [0.29, 0.717) is 12.4 Å². The number of benzene rings is 2. The van der Waals surface area contributed by atoms with Crippen LogP contribution in [0.4, 0.5) is 0 Å². The molecule has 0 aliphatic heterocycles. The molecule has 28 heavy (non-hydrogen) atoms. The van der Waals surface area contributed by atoms with E-state index in [4.69, 9.17) is 4.74 Å². The first kappa shape index (κ1) is 18.3. The van der Waals surface area contributed by atoms with Crippen molar-refractivity contribution in [3.63, 3.8) is 0 Å². The van der Waals surface area contributed by atoms with Crippen molar-refractivity contribution in [2.24, 2.45) is 7.05 Å². The summed E-state index contributed by atoms with van der Waals surface area (Å²) in [5.41, 5.74) is 2.81. The van der Waals surface area contributed by atoms with Gasteiger partial charge in [-0.1, -0.05) is 48.2 Å². The summed E-state index contributed by atoms with van der Waals surface area (Å²) in [6.45, 7) is 2.36. The number of hydrogen-bond donors (Lipinski definition) is 1. The van der Waals surface area contributed by atoms with Gasteiger partial charge < -0.3 is 14.3 Å². The standard InChI is InChI=1S/C21H20N4O2S/c1-14-7-3-6-10-18(14)27-12-19-23-24-21(25(19)2)28-13-15-11-20(26)22-17-9-5-4-8-16(15)17/h3-11H,12-13H2,1-2H3,(H,22,26). The van der Waals surface area contributed by atoms with E-state index in [0.717, 1.165) is 38.8 Å². The number of thioether (sulfide) groups is 1. The Morgan fingerprint density at radius 1 is 1.11 bits per heavy atom. The molecular formula is C21H20N4O2S. The van der Waals surface area contributed by atoms with Crippen molar-refractivity contribution in [2.45, 2.75) is 24.4 Å². The Morgan fingerprint density at radius 3 is 2.75 bits per heavy atom. The van der Waals surface area contributed by atoms with Gasteiger partial charge in [-0.15, -0.1) is 10.2 Å². The number of ether oxygens (including phenoxy) is 1. The molecule has 2 aromatic heterocycles. The second-order valence-corrected chi connectivity index (χ2v) is 7.45. The largest absolute Gasteiger partial charge is 0.485 e. The van der Waals surface area contributed by atoms with Gasteiger partial charge in [-0.3, -0.25) is 4.79 Å². The zero-order chi connectivity index (χ0) is 19.5. The van der Waals surface area contributed by atoms with Crippen LogP contribution in [0.1, 0.15) is 17.0 Å². The molecule has 142 valence electrons. The normalized spacial score (nSPS) is 11.1. The van der Waals surface area contributed by atoms with E-state index in [-0.39, 0.29) is 5.56 Å². The second kappa shape index (κ2) is 7.90. The Hall–Kier alpha value is -3.06. The summed E-state index contributed by atoms with van der Waals surface area (Å²) in [5.74, 6) is 2.23. The fourth-order valence-corrected chi connectivity index (χ4v) is 3.92. The summed E-state index contributed by atoms with van der Waals surface area (Å²) in [6.07, 6.45) is 0. The quantitative estimate of drug-likeness (QED) is 0.505. The lowest BCUT2D eigenvalue weighted by molar-refractivity contribution is 0.288. The maximum atomic E-state index is 11.9. The molecule has 4 rings (SSSR count). The Bertz CT molecular complexity index is 1180. The molecule has 0 fully saturated rings. The molecule has 0 bridgehead atoms. The lowest BCUT2D eigenvalue weighted by Gasteiger charge is -2.09. The van der Waals surface area contributed by atoms with Crippen molar-refractivity contribution in [3.05, 3.63) is 81.9 Å². The van der Waals surface area contributed by atoms with E-state index in [2.05, 4.69) is 15.2 Å². The Balaban J connectivity index is 1.48. The molecule has 6 nitrogen and oxygen atoms in total. The van der Waals surface area contributed by atoms with Crippen molar-refractivity contribution in [1.82, 2.24) is 19.7 Å². The van der Waals surface area contributed by atoms with E-state index in [1.165, 1.54) is 0 Å². The molecule has 0 saturated heterocycles. The van der Waals surface area contributed by atoms with Crippen molar-refractivity contribution in [1.29, 1.82) is 0 Å². The Morgan fingerprint density at radius 2 is 1.89 bits per heavy atom. The Labute approximate surface area is 166 Å². The third-order valence-electron chi connectivity index (χ3n) is 4.57. The van der Waals surface area contributed by atoms with Gasteiger partial charge in [0.1, 0.15) is 12.4 Å². The minimum atomic E-state index is -0.0976. The highest BCUT2D eigenvalue weighted by Gasteiger charge is 2.12. The number of fused-ring (bicyclic) bond motifs is 1. The van der Waals surface area contributed by atoms with Gasteiger partial charge in [0.2, 0.25) is 5.56 Å². The van der Waals surface area contributed by atoms with Gasteiger partial charge in [-0.05, 0) is 30.2 Å². The number of rotatable bonds is 6. The zero-order valence-electron chi connectivity index (χ0n) is 15.7. The highest BCUT2D eigenvalue weighted by Crippen LogP contribution is 2.25. The van der Waals surface area contributed by atoms with Crippen LogP contribution >= 0.6 is 11.8 Å². The van der Waals surface area contributed by atoms with Crippen LogP contribution in [0.3, 0.4) is 0 Å². The monoisotopic (exact) mass is 392 g/mol. The highest BCUT2D eigenvalue weighted by molar-refractivity contribution is 7.98. The maximum Gasteiger partial charge on any atom is 0.248 e. The molecule has 1 N–H and O–H groups in total. The first-order valence-electron chi connectivity index (χ1n) is 8.92. The third kappa shape index (κ3) is 3.80. The van der Waals surface area contributed by atoms with Gasteiger partial charge in [0.05, 0.1) is 0 Å². The molecule has 0 atom stereocenters. The summed E-state index contributed by atoms with van der Waals surface area (Å²) in [7, 11) is 1.93. The van der Waals surface area contributed by atoms with Crippen molar-refractivity contribution in [2.75, 3.05) is 0 Å². The number of aromatic nitrogens is 4. The number of nitrogens with one attached hydrogen (secondary N) is 1. The summed E-state index contributed by atoms with van der Waals surface area (Å²) in [4.78, 5) is 14.8. The number of H-pyrrole nitrogens is 1. The van der Waals surface area contributed by atoms with Crippen LogP contribution in [0.2, 0.25) is 0 Å². The number of aromatic amines is 1. The van der Waals surface area contributed by atoms with Crippen LogP contribution in [0.15, 0.2) is 64.5 Å². The third-order valence-corrected chi connectivity index (χ3v) is 5.64. The van der Waals surface area contributed by atoms with Gasteiger partial charge in [0.15, 0.2) is 11.0 Å². The van der Waals surface area contributed by atoms with E-state index < -0.39 is 0 Å². The molecule has 0 unspecified atom stereocenters. The molecule has 2 heterocycles. The van der Waals surface area contributed by atoms with Crippen LogP contribution in [0.5, 0.6) is 5.75 Å². The van der Waals surface area contributed by atoms with Crippen LogP contribution in [0, 0.1) is 6.92 Å². The van der Waals surface area contributed by atoms with Crippen molar-refractivity contribution in [3.8, 4) is 5.75 Å². The van der Waals surface area contributed by atoms with Gasteiger partial charge >= 0.3 is 0 Å². The van der Waals surface area contributed by atoms with E-state index in [1.807, 2.05) is 67.1 Å². The lowest BCUT2D eigenvalue weighted by atomic mass is 10.1. The van der Waals surface area contributed by atoms with Crippen LogP contribution in [-0.4, -0.2) is 19.7 Å². The van der Waals surface area contributed by atoms with Gasteiger partial charge in [-0.2, -0.15) is 0 Å². The number of aryl methyl sites for hydroxylation is 1. The molecule has 0 aliphatic rings. The SMILES string of the molecule is Cc1ccccc1OCc1nnc(SCc2cc(=O)[nH]c3ccccc23)n1C. The van der Waals surface area contributed by atoms with Gasteiger partial charge in [0, 0.05) is 29.8 Å². The second-order valence-electron chi connectivity index (χ2n) is 6.51. The highest BCUT2D eigenvalue weighted by atomic mass is 32.2. The molecule has 0 aliphatic carbocycles. The number of nitrogens with zero attached hydrogens (tertiary/aromatic N) is 3. The van der Waals surface area contributed by atoms with E-state index in [1.54, 1.807) is 17.8 Å². The molecule has 0 amide bonds. The predicted octanol–water partition coefficient (Wildman–Crippen LogP) is 3.84. The van der Waals surface area contributed by atoms with E-state index >= 15 is 0 Å². The fraction of sp³-hybridized carbons (Fsp3) is 0.190. The summed E-state index contributed by atoms with van der Waals surface area (Å²) >= 11 is 1.55. The van der Waals surface area contributed by atoms with Crippen molar-refractivity contribution >= 4 is 22.7 Å². The Kier molecular flexibility index (Phi) is 5.16. The van der Waals surface area contributed by atoms with Crippen molar-refractivity contribution < 1.29 is 4.74 Å². The molecule has 0 radical (unpaired) electrons. The first-order valence-corrected chi connectivity index (χ1v) is 9.91. The summed E-state index contributed by atoms with van der Waals surface area (Å²) < 4.78 is 7.80.